The Morgan fingerprint density at radius 3 is 2.32 bits per heavy atom. The number of nitrogens with zero attached hydrogens (tertiary/aromatic N) is 3. The summed E-state index contributed by atoms with van der Waals surface area (Å²) in [6.45, 7) is 0.582. The predicted molar refractivity (Wildman–Crippen MR) is 143 cm³/mol. The third kappa shape index (κ3) is 8.20. The molecule has 0 spiro atoms. The monoisotopic (exact) mass is 621 g/mol. The molecule has 0 atom stereocenters. The summed E-state index contributed by atoms with van der Waals surface area (Å²) in [7, 11) is 0. The molecule has 0 aliphatic heterocycles. The molecule has 0 saturated carbocycles. The fourth-order valence-corrected chi connectivity index (χ4v) is 3.86. The summed E-state index contributed by atoms with van der Waals surface area (Å²) in [6, 6.07) is 20.7. The molecule has 2 amide bonds. The molecule has 2 N–H and O–H groups in total. The molecule has 3 aromatic carbocycles. The van der Waals surface area contributed by atoms with Crippen LogP contribution in [0.25, 0.3) is 17.1 Å². The van der Waals surface area contributed by atoms with Gasteiger partial charge in [-0.05, 0) is 95.9 Å². The van der Waals surface area contributed by atoms with Crippen LogP contribution < -0.4 is 15.4 Å². The first-order valence-electron chi connectivity index (χ1n) is 11.4. The van der Waals surface area contributed by atoms with E-state index in [1.165, 1.54) is 35.3 Å². The maximum atomic E-state index is 12.3. The highest BCUT2D eigenvalue weighted by Gasteiger charge is 2.31. The SMILES string of the molecule is O=C(NCCCCc1ccc(-c2ncn(-c3ccc(OC(F)(F)F)cc3)n2)cc1)Nc1ccc(I)cc1. The number of aromatic nitrogens is 3. The fourth-order valence-electron chi connectivity index (χ4n) is 3.51. The standard InChI is InChI=1S/C26H23F3IN5O2/c27-26(28,29)37-23-14-12-22(13-15-23)35-17-32-24(34-35)19-6-4-18(5-7-19)3-1-2-16-31-25(36)33-21-10-8-20(30)9-11-21/h4-15,17H,1-3,16H2,(H2,31,33,36). The Labute approximate surface area is 225 Å². The number of anilines is 1. The number of benzene rings is 3. The molecule has 0 aliphatic rings. The Balaban J connectivity index is 1.21. The van der Waals surface area contributed by atoms with Gasteiger partial charge in [0, 0.05) is 21.4 Å². The molecule has 0 saturated heterocycles. The van der Waals surface area contributed by atoms with Gasteiger partial charge in [-0.25, -0.2) is 14.5 Å². The first kappa shape index (κ1) is 26.5. The van der Waals surface area contributed by atoms with Gasteiger partial charge >= 0.3 is 12.4 Å². The van der Waals surface area contributed by atoms with Crippen LogP contribution in [0.2, 0.25) is 0 Å². The zero-order valence-corrected chi connectivity index (χ0v) is 21.7. The first-order valence-corrected chi connectivity index (χ1v) is 12.5. The maximum absolute atomic E-state index is 12.3. The van der Waals surface area contributed by atoms with Crippen molar-refractivity contribution in [1.82, 2.24) is 20.1 Å². The molecule has 0 fully saturated rings. The van der Waals surface area contributed by atoms with Crippen LogP contribution in [0, 0.1) is 3.57 Å². The van der Waals surface area contributed by atoms with Crippen molar-refractivity contribution in [3.8, 4) is 22.8 Å². The minimum Gasteiger partial charge on any atom is -0.406 e. The minimum atomic E-state index is -4.73. The lowest BCUT2D eigenvalue weighted by atomic mass is 10.1. The van der Waals surface area contributed by atoms with E-state index in [1.54, 1.807) is 0 Å². The van der Waals surface area contributed by atoms with E-state index in [0.717, 1.165) is 39.6 Å². The van der Waals surface area contributed by atoms with Gasteiger partial charge in [0.05, 0.1) is 5.69 Å². The number of hydrogen-bond donors (Lipinski definition) is 2. The van der Waals surface area contributed by atoms with E-state index < -0.39 is 6.36 Å². The number of rotatable bonds is 9. The van der Waals surface area contributed by atoms with Gasteiger partial charge in [0.2, 0.25) is 0 Å². The first-order chi connectivity index (χ1) is 17.7. The van der Waals surface area contributed by atoms with Gasteiger partial charge in [-0.2, -0.15) is 0 Å². The largest absolute Gasteiger partial charge is 0.573 e. The number of unbranched alkanes of at least 4 members (excludes halogenated alkanes) is 1. The fraction of sp³-hybridized carbons (Fsp3) is 0.192. The summed E-state index contributed by atoms with van der Waals surface area (Å²) in [5.41, 5.74) is 3.30. The molecule has 11 heteroatoms. The quantitative estimate of drug-likeness (QED) is 0.164. The number of urea groups is 1. The van der Waals surface area contributed by atoms with Gasteiger partial charge in [0.15, 0.2) is 5.82 Å². The molecule has 37 heavy (non-hydrogen) atoms. The predicted octanol–water partition coefficient (Wildman–Crippen LogP) is 6.58. The summed E-state index contributed by atoms with van der Waals surface area (Å²) >= 11 is 2.21. The van der Waals surface area contributed by atoms with E-state index >= 15 is 0 Å². The van der Waals surface area contributed by atoms with Gasteiger partial charge in [-0.1, -0.05) is 24.3 Å². The third-order valence-electron chi connectivity index (χ3n) is 5.32. The highest BCUT2D eigenvalue weighted by Crippen LogP contribution is 2.24. The van der Waals surface area contributed by atoms with E-state index in [-0.39, 0.29) is 11.8 Å². The molecular formula is C26H23F3IN5O2. The van der Waals surface area contributed by atoms with Gasteiger partial charge in [0.25, 0.3) is 0 Å². The van der Waals surface area contributed by atoms with E-state index in [4.69, 9.17) is 0 Å². The molecule has 0 unspecified atom stereocenters. The van der Waals surface area contributed by atoms with Crippen molar-refractivity contribution in [2.45, 2.75) is 25.6 Å². The van der Waals surface area contributed by atoms with E-state index in [2.05, 4.69) is 48.0 Å². The number of nitrogens with one attached hydrogen (secondary N) is 2. The lowest BCUT2D eigenvalue weighted by molar-refractivity contribution is -0.274. The molecule has 4 aromatic rings. The summed E-state index contributed by atoms with van der Waals surface area (Å²) in [5, 5.41) is 10.1. The lowest BCUT2D eigenvalue weighted by Gasteiger charge is -2.09. The second kappa shape index (κ2) is 12.1. The van der Waals surface area contributed by atoms with Gasteiger partial charge in [-0.15, -0.1) is 18.3 Å². The molecule has 0 bridgehead atoms. The highest BCUT2D eigenvalue weighted by molar-refractivity contribution is 14.1. The van der Waals surface area contributed by atoms with Crippen LogP contribution in [-0.4, -0.2) is 33.7 Å². The van der Waals surface area contributed by atoms with Crippen LogP contribution in [0.5, 0.6) is 5.75 Å². The second-order valence-electron chi connectivity index (χ2n) is 8.10. The Bertz CT molecular complexity index is 1310. The maximum Gasteiger partial charge on any atom is 0.573 e. The van der Waals surface area contributed by atoms with Crippen LogP contribution in [0.1, 0.15) is 18.4 Å². The minimum absolute atomic E-state index is 0.219. The van der Waals surface area contributed by atoms with Crippen molar-refractivity contribution in [2.75, 3.05) is 11.9 Å². The number of amides is 2. The molecular weight excluding hydrogens is 598 g/mol. The zero-order chi connectivity index (χ0) is 26.3. The van der Waals surface area contributed by atoms with Crippen molar-refractivity contribution < 1.29 is 22.7 Å². The highest BCUT2D eigenvalue weighted by atomic mass is 127. The van der Waals surface area contributed by atoms with E-state index in [1.807, 2.05) is 48.5 Å². The number of carbonyl (C=O) groups excluding carboxylic acids is 1. The summed E-state index contributed by atoms with van der Waals surface area (Å²) < 4.78 is 43.5. The second-order valence-corrected chi connectivity index (χ2v) is 9.34. The lowest BCUT2D eigenvalue weighted by Crippen LogP contribution is -2.29. The number of aryl methyl sites for hydroxylation is 1. The number of halogens is 4. The van der Waals surface area contributed by atoms with Crippen molar-refractivity contribution in [3.63, 3.8) is 0 Å². The molecule has 7 nitrogen and oxygen atoms in total. The summed E-state index contributed by atoms with van der Waals surface area (Å²) in [6.07, 6.45) is -0.590. The van der Waals surface area contributed by atoms with Crippen LogP contribution >= 0.6 is 22.6 Å². The molecule has 192 valence electrons. The van der Waals surface area contributed by atoms with Gasteiger partial charge < -0.3 is 15.4 Å². The molecule has 4 rings (SSSR count). The van der Waals surface area contributed by atoms with Crippen LogP contribution in [0.3, 0.4) is 0 Å². The summed E-state index contributed by atoms with van der Waals surface area (Å²) in [4.78, 5) is 16.3. The van der Waals surface area contributed by atoms with Crippen LogP contribution in [0.15, 0.2) is 79.1 Å². The Hall–Kier alpha value is -3.61. The average Bonchev–Trinajstić information content (AvgIpc) is 3.35. The number of ether oxygens (including phenoxy) is 1. The van der Waals surface area contributed by atoms with Crippen molar-refractivity contribution >= 4 is 34.3 Å². The smallest absolute Gasteiger partial charge is 0.406 e. The Kier molecular flexibility index (Phi) is 8.64. The molecule has 0 radical (unpaired) electrons. The van der Waals surface area contributed by atoms with Crippen LogP contribution in [0.4, 0.5) is 23.7 Å². The zero-order valence-electron chi connectivity index (χ0n) is 19.5. The normalized spacial score (nSPS) is 11.2. The van der Waals surface area contributed by atoms with Gasteiger partial charge in [0.1, 0.15) is 12.1 Å². The number of carbonyl (C=O) groups is 1. The third-order valence-corrected chi connectivity index (χ3v) is 6.04. The summed E-state index contributed by atoms with van der Waals surface area (Å²) in [5.74, 6) is 0.207. The van der Waals surface area contributed by atoms with Crippen molar-refractivity contribution in [3.05, 3.63) is 88.3 Å². The number of hydrogen-bond acceptors (Lipinski definition) is 4. The van der Waals surface area contributed by atoms with Gasteiger partial charge in [-0.3, -0.25) is 0 Å². The molecule has 1 aromatic heterocycles. The van der Waals surface area contributed by atoms with Crippen molar-refractivity contribution in [2.24, 2.45) is 0 Å². The topological polar surface area (TPSA) is 81.1 Å². The average molecular weight is 621 g/mol. The molecule has 1 heterocycles. The Morgan fingerprint density at radius 1 is 0.946 bits per heavy atom. The molecule has 0 aliphatic carbocycles. The van der Waals surface area contributed by atoms with E-state index in [9.17, 15) is 18.0 Å². The van der Waals surface area contributed by atoms with Crippen molar-refractivity contribution in [1.29, 1.82) is 0 Å². The van der Waals surface area contributed by atoms with Crippen LogP contribution in [-0.2, 0) is 6.42 Å². The Morgan fingerprint density at radius 2 is 1.65 bits per heavy atom. The van der Waals surface area contributed by atoms with E-state index in [0.29, 0.717) is 18.1 Å². The number of alkyl halides is 3.